The fourth-order valence-corrected chi connectivity index (χ4v) is 2.89. The summed E-state index contributed by atoms with van der Waals surface area (Å²) >= 11 is 12.4. The number of fused-ring (bicyclic) bond motifs is 1. The van der Waals surface area contributed by atoms with Crippen molar-refractivity contribution in [2.45, 2.75) is 0 Å². The molecule has 4 aromatic heterocycles. The van der Waals surface area contributed by atoms with Gasteiger partial charge in [-0.1, -0.05) is 23.2 Å². The van der Waals surface area contributed by atoms with E-state index in [4.69, 9.17) is 28.9 Å². The van der Waals surface area contributed by atoms with E-state index in [1.807, 2.05) is 0 Å². The number of nitrogen functional groups attached to an aromatic ring is 1. The molecule has 0 radical (unpaired) electrons. The Bertz CT molecular complexity index is 1060. The zero-order valence-corrected chi connectivity index (χ0v) is 14.0. The molecular weight excluding hydrogens is 363 g/mol. The molecule has 0 fully saturated rings. The van der Waals surface area contributed by atoms with Crippen molar-refractivity contribution in [2.75, 3.05) is 11.1 Å². The molecular formula is C15H10Cl2N8. The lowest BCUT2D eigenvalue weighted by Crippen LogP contribution is -1.99. The van der Waals surface area contributed by atoms with Gasteiger partial charge in [-0.3, -0.25) is 4.98 Å². The van der Waals surface area contributed by atoms with Crippen molar-refractivity contribution < 1.29 is 0 Å². The first-order valence-corrected chi connectivity index (χ1v) is 7.86. The highest BCUT2D eigenvalue weighted by Gasteiger charge is 2.15. The van der Waals surface area contributed by atoms with E-state index in [9.17, 15) is 0 Å². The molecule has 0 aliphatic rings. The van der Waals surface area contributed by atoms with Gasteiger partial charge < -0.3 is 16.0 Å². The van der Waals surface area contributed by atoms with Crippen molar-refractivity contribution >= 4 is 51.7 Å². The summed E-state index contributed by atoms with van der Waals surface area (Å²) in [5, 5.41) is 3.89. The van der Waals surface area contributed by atoms with Crippen molar-refractivity contribution in [3.63, 3.8) is 0 Å². The van der Waals surface area contributed by atoms with E-state index in [2.05, 4.69) is 35.2 Å². The molecule has 0 aliphatic carbocycles. The van der Waals surface area contributed by atoms with Crippen LogP contribution in [0.5, 0.6) is 0 Å². The minimum atomic E-state index is 0.352. The fraction of sp³-hybridized carbons (Fsp3) is 0. The van der Waals surface area contributed by atoms with Crippen LogP contribution in [0.1, 0.15) is 0 Å². The molecule has 0 atom stereocenters. The normalized spacial score (nSPS) is 11.0. The Morgan fingerprint density at radius 3 is 2.64 bits per heavy atom. The number of pyridine rings is 2. The summed E-state index contributed by atoms with van der Waals surface area (Å²) in [4.78, 5) is 24.0. The van der Waals surface area contributed by atoms with Crippen LogP contribution >= 0.6 is 23.2 Å². The summed E-state index contributed by atoms with van der Waals surface area (Å²) in [6, 6.07) is 3.38. The Balaban J connectivity index is 1.82. The van der Waals surface area contributed by atoms with E-state index in [1.165, 1.54) is 18.7 Å². The molecule has 0 bridgehead atoms. The van der Waals surface area contributed by atoms with E-state index in [1.54, 1.807) is 18.3 Å². The maximum absolute atomic E-state index is 6.21. The second-order valence-electron chi connectivity index (χ2n) is 5.07. The predicted octanol–water partition coefficient (Wildman–Crippen LogP) is 3.44. The van der Waals surface area contributed by atoms with Crippen molar-refractivity contribution in [2.24, 2.45) is 0 Å². The molecule has 124 valence electrons. The summed E-state index contributed by atoms with van der Waals surface area (Å²) in [5.74, 6) is 1.93. The Kier molecular flexibility index (Phi) is 3.83. The number of halogens is 2. The number of nitrogens with two attached hydrogens (primary N) is 1. The van der Waals surface area contributed by atoms with Crippen molar-refractivity contribution in [1.82, 2.24) is 29.9 Å². The van der Waals surface area contributed by atoms with E-state index >= 15 is 0 Å². The number of aromatic amines is 1. The molecule has 25 heavy (non-hydrogen) atoms. The Labute approximate surface area is 151 Å². The third-order valence-corrected chi connectivity index (χ3v) is 4.00. The van der Waals surface area contributed by atoms with E-state index in [0.717, 1.165) is 0 Å². The number of anilines is 3. The van der Waals surface area contributed by atoms with Crippen molar-refractivity contribution in [3.8, 4) is 11.4 Å². The van der Waals surface area contributed by atoms with Crippen LogP contribution in [0.25, 0.3) is 22.4 Å². The molecule has 8 nitrogen and oxygen atoms in total. The molecule has 0 amide bonds. The Morgan fingerprint density at radius 1 is 1.08 bits per heavy atom. The second kappa shape index (κ2) is 6.15. The molecule has 0 saturated carbocycles. The average molecular weight is 373 g/mol. The van der Waals surface area contributed by atoms with Gasteiger partial charge in [-0.05, 0) is 6.07 Å². The molecule has 10 heteroatoms. The topological polar surface area (TPSA) is 118 Å². The van der Waals surface area contributed by atoms with Gasteiger partial charge in [0.15, 0.2) is 5.82 Å². The van der Waals surface area contributed by atoms with Gasteiger partial charge in [-0.25, -0.2) is 19.9 Å². The van der Waals surface area contributed by atoms with Gasteiger partial charge in [-0.15, -0.1) is 0 Å². The zero-order valence-electron chi connectivity index (χ0n) is 12.5. The van der Waals surface area contributed by atoms with Gasteiger partial charge in [0.2, 0.25) is 0 Å². The van der Waals surface area contributed by atoms with E-state index < -0.39 is 0 Å². The van der Waals surface area contributed by atoms with Gasteiger partial charge in [0.05, 0.1) is 21.1 Å². The molecule has 0 aromatic carbocycles. The van der Waals surface area contributed by atoms with Crippen molar-refractivity contribution in [1.29, 1.82) is 0 Å². The summed E-state index contributed by atoms with van der Waals surface area (Å²) in [6.07, 6.45) is 6.02. The zero-order chi connectivity index (χ0) is 17.4. The van der Waals surface area contributed by atoms with Crippen LogP contribution in [-0.4, -0.2) is 29.9 Å². The van der Waals surface area contributed by atoms with Gasteiger partial charge in [-0.2, -0.15) is 0 Å². The largest absolute Gasteiger partial charge is 0.384 e. The van der Waals surface area contributed by atoms with E-state index in [0.29, 0.717) is 49.9 Å². The molecule has 4 N–H and O–H groups in total. The van der Waals surface area contributed by atoms with Crippen LogP contribution in [0.15, 0.2) is 37.1 Å². The van der Waals surface area contributed by atoms with Gasteiger partial charge in [0.1, 0.15) is 29.3 Å². The third-order valence-electron chi connectivity index (χ3n) is 3.43. The summed E-state index contributed by atoms with van der Waals surface area (Å²) in [5.41, 5.74) is 7.62. The van der Waals surface area contributed by atoms with Crippen LogP contribution in [0.2, 0.25) is 10.0 Å². The number of aromatic nitrogens is 6. The van der Waals surface area contributed by atoms with Crippen LogP contribution < -0.4 is 11.1 Å². The third kappa shape index (κ3) is 2.92. The van der Waals surface area contributed by atoms with Crippen LogP contribution in [0.4, 0.5) is 17.5 Å². The molecule has 0 aliphatic heterocycles. The lowest BCUT2D eigenvalue weighted by atomic mass is 10.2. The quantitative estimate of drug-likeness (QED) is 0.503. The summed E-state index contributed by atoms with van der Waals surface area (Å²) < 4.78 is 0. The maximum atomic E-state index is 6.21. The number of rotatable bonds is 3. The molecule has 4 aromatic rings. The lowest BCUT2D eigenvalue weighted by Gasteiger charge is -2.05. The second-order valence-corrected chi connectivity index (χ2v) is 5.88. The van der Waals surface area contributed by atoms with Crippen LogP contribution in [0, 0.1) is 0 Å². The predicted molar refractivity (Wildman–Crippen MR) is 96.9 cm³/mol. The van der Waals surface area contributed by atoms with Crippen LogP contribution in [0.3, 0.4) is 0 Å². The van der Waals surface area contributed by atoms with Gasteiger partial charge in [0.25, 0.3) is 0 Å². The first-order chi connectivity index (χ1) is 12.1. The van der Waals surface area contributed by atoms with Crippen molar-refractivity contribution in [3.05, 3.63) is 47.1 Å². The number of H-pyrrole nitrogens is 1. The van der Waals surface area contributed by atoms with Gasteiger partial charge in [0, 0.05) is 24.7 Å². The highest BCUT2D eigenvalue weighted by atomic mass is 35.5. The first-order valence-electron chi connectivity index (χ1n) is 7.10. The fourth-order valence-electron chi connectivity index (χ4n) is 2.35. The molecule has 0 spiro atoms. The molecule has 4 rings (SSSR count). The molecule has 0 saturated heterocycles. The minimum Gasteiger partial charge on any atom is -0.384 e. The standard InChI is InChI=1S/C15H10Cl2N8/c16-7-4-19-5-8(17)12(7)14-23-9-1-2-20-15(13(9)25-14)24-11-3-10(18)21-6-22-11/h1-6H,(H,23,25)(H3,18,20,21,22,24). The van der Waals surface area contributed by atoms with Gasteiger partial charge >= 0.3 is 0 Å². The van der Waals surface area contributed by atoms with Crippen LogP contribution in [-0.2, 0) is 0 Å². The first kappa shape index (κ1) is 15.6. The number of imidazole rings is 1. The number of hydrogen-bond acceptors (Lipinski definition) is 7. The summed E-state index contributed by atoms with van der Waals surface area (Å²) in [7, 11) is 0. The highest BCUT2D eigenvalue weighted by molar-refractivity contribution is 6.38. The molecule has 4 heterocycles. The number of nitrogens with zero attached hydrogens (tertiary/aromatic N) is 5. The Hall–Kier alpha value is -2.97. The minimum absolute atomic E-state index is 0.352. The molecule has 0 unspecified atom stereocenters. The maximum Gasteiger partial charge on any atom is 0.157 e. The summed E-state index contributed by atoms with van der Waals surface area (Å²) in [6.45, 7) is 0. The average Bonchev–Trinajstić information content (AvgIpc) is 2.99. The smallest absolute Gasteiger partial charge is 0.157 e. The number of hydrogen-bond donors (Lipinski definition) is 3. The lowest BCUT2D eigenvalue weighted by molar-refractivity contribution is 1.17. The van der Waals surface area contributed by atoms with E-state index in [-0.39, 0.29) is 0 Å². The Morgan fingerprint density at radius 2 is 1.88 bits per heavy atom. The monoisotopic (exact) mass is 372 g/mol. The number of nitrogens with one attached hydrogen (secondary N) is 2. The SMILES string of the molecule is Nc1cc(Nc2nccc3nc(-c4c(Cl)cncc4Cl)[nH]c23)ncn1. The highest BCUT2D eigenvalue weighted by Crippen LogP contribution is 2.34.